The summed E-state index contributed by atoms with van der Waals surface area (Å²) in [5, 5.41) is 0. The average Bonchev–Trinajstić information content (AvgIpc) is 3.10. The predicted molar refractivity (Wildman–Crippen MR) is 61.6 cm³/mol. The van der Waals surface area contributed by atoms with Gasteiger partial charge in [0.25, 0.3) is 0 Å². The minimum absolute atomic E-state index is 0.0528. The Bertz CT molecular complexity index is 463. The average molecular weight is 230 g/mol. The van der Waals surface area contributed by atoms with Crippen molar-refractivity contribution < 1.29 is 14.2 Å². The summed E-state index contributed by atoms with van der Waals surface area (Å²) in [5.74, 6) is 11.3. The van der Waals surface area contributed by atoms with E-state index in [9.17, 15) is 0 Å². The van der Waals surface area contributed by atoms with Crippen molar-refractivity contribution in [3.05, 3.63) is 11.8 Å². The number of epoxide rings is 1. The van der Waals surface area contributed by atoms with Gasteiger partial charge in [-0.25, -0.2) is 0 Å². The van der Waals surface area contributed by atoms with Crippen molar-refractivity contribution in [2.75, 3.05) is 6.61 Å². The number of fused-ring (bicyclic) bond motifs is 2. The molecule has 3 fully saturated rings. The van der Waals surface area contributed by atoms with Gasteiger partial charge in [0.1, 0.15) is 11.9 Å². The molecule has 0 radical (unpaired) electrons. The molecule has 0 aromatic carbocycles. The number of rotatable bonds is 0. The Kier molecular flexibility index (Phi) is 2.59. The van der Waals surface area contributed by atoms with Crippen molar-refractivity contribution in [2.24, 2.45) is 0 Å². The molecule has 17 heavy (non-hydrogen) atoms. The fraction of sp³-hybridized carbons (Fsp3) is 0.571. The third kappa shape index (κ3) is 1.82. The first-order chi connectivity index (χ1) is 8.36. The Labute approximate surface area is 101 Å². The van der Waals surface area contributed by atoms with E-state index in [0.29, 0.717) is 0 Å². The van der Waals surface area contributed by atoms with Crippen LogP contribution in [0.5, 0.6) is 0 Å². The first kappa shape index (κ1) is 10.7. The van der Waals surface area contributed by atoms with E-state index in [-0.39, 0.29) is 12.2 Å². The van der Waals surface area contributed by atoms with Crippen LogP contribution < -0.4 is 0 Å². The monoisotopic (exact) mass is 230 g/mol. The molecular weight excluding hydrogens is 216 g/mol. The van der Waals surface area contributed by atoms with Gasteiger partial charge in [0.05, 0.1) is 6.61 Å². The summed E-state index contributed by atoms with van der Waals surface area (Å²) in [7, 11) is 0. The maximum atomic E-state index is 5.90. The predicted octanol–water partition coefficient (Wildman–Crippen LogP) is 1.59. The highest BCUT2D eigenvalue weighted by Crippen LogP contribution is 2.52. The molecule has 3 nitrogen and oxygen atoms in total. The molecule has 0 aliphatic carbocycles. The maximum absolute atomic E-state index is 5.90. The van der Waals surface area contributed by atoms with E-state index in [0.717, 1.165) is 31.6 Å². The fourth-order valence-corrected chi connectivity index (χ4v) is 2.39. The second kappa shape index (κ2) is 4.11. The van der Waals surface area contributed by atoms with Crippen LogP contribution in [0.1, 0.15) is 26.2 Å². The Hall–Kier alpha value is -1.42. The van der Waals surface area contributed by atoms with E-state index < -0.39 is 5.79 Å². The van der Waals surface area contributed by atoms with Crippen LogP contribution >= 0.6 is 0 Å². The Balaban J connectivity index is 1.74. The van der Waals surface area contributed by atoms with Crippen LogP contribution in [0, 0.1) is 23.7 Å². The lowest BCUT2D eigenvalue weighted by atomic mass is 10.0. The molecule has 3 atom stereocenters. The van der Waals surface area contributed by atoms with Crippen LogP contribution in [0.2, 0.25) is 0 Å². The molecular formula is C14H14O3. The highest BCUT2D eigenvalue weighted by molar-refractivity contribution is 5.34. The number of allylic oxidation sites excluding steroid dienone is 1. The summed E-state index contributed by atoms with van der Waals surface area (Å²) < 4.78 is 17.3. The van der Waals surface area contributed by atoms with Gasteiger partial charge in [0.15, 0.2) is 6.10 Å². The van der Waals surface area contributed by atoms with E-state index in [1.54, 1.807) is 13.0 Å². The van der Waals surface area contributed by atoms with E-state index >= 15 is 0 Å². The fourth-order valence-electron chi connectivity index (χ4n) is 2.39. The van der Waals surface area contributed by atoms with Gasteiger partial charge in [-0.3, -0.25) is 0 Å². The summed E-state index contributed by atoms with van der Waals surface area (Å²) in [6, 6.07) is 0. The minimum atomic E-state index is -0.521. The topological polar surface area (TPSA) is 31.0 Å². The standard InChI is InChI=1S/C14H14O3/c1-2-3-4-5-8-11-12-13(16-12)14(17-11)9-6-7-10-15-14/h8,12-13H,6-7,9-10H2,1H3/b11-8+/t12-,13-,14+/m1/s1. The lowest BCUT2D eigenvalue weighted by Crippen LogP contribution is -2.41. The number of hydrogen-bond donors (Lipinski definition) is 0. The summed E-state index contributed by atoms with van der Waals surface area (Å²) in [6.07, 6.45) is 5.03. The van der Waals surface area contributed by atoms with E-state index in [1.165, 1.54) is 0 Å². The summed E-state index contributed by atoms with van der Waals surface area (Å²) in [6.45, 7) is 2.52. The van der Waals surface area contributed by atoms with E-state index in [2.05, 4.69) is 23.7 Å². The third-order valence-electron chi connectivity index (χ3n) is 3.24. The van der Waals surface area contributed by atoms with Crippen LogP contribution in [0.3, 0.4) is 0 Å². The largest absolute Gasteiger partial charge is 0.460 e. The number of ether oxygens (including phenoxy) is 3. The molecule has 0 amide bonds. The first-order valence-electron chi connectivity index (χ1n) is 5.96. The molecule has 3 heteroatoms. The second-order valence-corrected chi connectivity index (χ2v) is 4.39. The summed E-state index contributed by atoms with van der Waals surface area (Å²) in [4.78, 5) is 0. The quantitative estimate of drug-likeness (QED) is 0.468. The first-order valence-corrected chi connectivity index (χ1v) is 5.96. The van der Waals surface area contributed by atoms with Crippen LogP contribution in [-0.4, -0.2) is 24.6 Å². The van der Waals surface area contributed by atoms with Gasteiger partial charge in [0, 0.05) is 12.5 Å². The van der Waals surface area contributed by atoms with Gasteiger partial charge in [-0.2, -0.15) is 0 Å². The van der Waals surface area contributed by atoms with Crippen molar-refractivity contribution in [3.63, 3.8) is 0 Å². The van der Waals surface area contributed by atoms with Crippen molar-refractivity contribution in [3.8, 4) is 23.7 Å². The molecule has 0 N–H and O–H groups in total. The molecule has 3 saturated heterocycles. The lowest BCUT2D eigenvalue weighted by Gasteiger charge is -2.33. The van der Waals surface area contributed by atoms with Crippen LogP contribution in [0.25, 0.3) is 0 Å². The van der Waals surface area contributed by atoms with E-state index in [1.807, 2.05) is 0 Å². The lowest BCUT2D eigenvalue weighted by molar-refractivity contribution is -0.240. The normalized spacial score (nSPS) is 39.7. The smallest absolute Gasteiger partial charge is 0.239 e. The van der Waals surface area contributed by atoms with Gasteiger partial charge in [-0.1, -0.05) is 11.8 Å². The van der Waals surface area contributed by atoms with E-state index in [4.69, 9.17) is 14.2 Å². The maximum Gasteiger partial charge on any atom is 0.239 e. The molecule has 88 valence electrons. The third-order valence-corrected chi connectivity index (χ3v) is 3.24. The van der Waals surface area contributed by atoms with Crippen molar-refractivity contribution >= 4 is 0 Å². The van der Waals surface area contributed by atoms with Gasteiger partial charge >= 0.3 is 0 Å². The summed E-state index contributed by atoms with van der Waals surface area (Å²) >= 11 is 0. The minimum Gasteiger partial charge on any atom is -0.460 e. The van der Waals surface area contributed by atoms with Crippen molar-refractivity contribution in [1.82, 2.24) is 0 Å². The SMILES string of the molecule is CC#CC#C/C=C1/O[C@@]2(CCCCO2)[C@@H]2O[C@H]12. The van der Waals surface area contributed by atoms with Crippen molar-refractivity contribution in [2.45, 2.75) is 44.2 Å². The molecule has 0 saturated carbocycles. The van der Waals surface area contributed by atoms with Crippen LogP contribution in [-0.2, 0) is 14.2 Å². The molecule has 1 spiro atoms. The molecule has 0 unspecified atom stereocenters. The van der Waals surface area contributed by atoms with Gasteiger partial charge < -0.3 is 14.2 Å². The van der Waals surface area contributed by atoms with Gasteiger partial charge in [0.2, 0.25) is 5.79 Å². The molecule has 0 aromatic rings. The molecule has 0 aromatic heterocycles. The van der Waals surface area contributed by atoms with Crippen molar-refractivity contribution in [1.29, 1.82) is 0 Å². The Morgan fingerprint density at radius 1 is 1.35 bits per heavy atom. The second-order valence-electron chi connectivity index (χ2n) is 4.39. The zero-order valence-electron chi connectivity index (χ0n) is 9.79. The number of hydrogen-bond acceptors (Lipinski definition) is 3. The highest BCUT2D eigenvalue weighted by Gasteiger charge is 2.66. The Morgan fingerprint density at radius 2 is 2.29 bits per heavy atom. The molecule has 3 heterocycles. The zero-order chi connectivity index (χ0) is 11.7. The van der Waals surface area contributed by atoms with Crippen LogP contribution in [0.15, 0.2) is 11.8 Å². The van der Waals surface area contributed by atoms with Crippen LogP contribution in [0.4, 0.5) is 0 Å². The zero-order valence-corrected chi connectivity index (χ0v) is 9.79. The highest BCUT2D eigenvalue weighted by atomic mass is 16.8. The molecule has 3 aliphatic rings. The molecule has 3 aliphatic heterocycles. The van der Waals surface area contributed by atoms with Gasteiger partial charge in [-0.15, -0.1) is 0 Å². The summed E-state index contributed by atoms with van der Waals surface area (Å²) in [5.41, 5.74) is 0. The molecule has 3 rings (SSSR count). The Morgan fingerprint density at radius 3 is 3.06 bits per heavy atom. The molecule has 0 bridgehead atoms. The van der Waals surface area contributed by atoms with Gasteiger partial charge in [-0.05, 0) is 31.6 Å².